The number of benzene rings is 4. The molecule has 3 N–H and O–H groups in total. The summed E-state index contributed by atoms with van der Waals surface area (Å²) in [6.45, 7) is 1.91. The Morgan fingerprint density at radius 3 is 2.19 bits per heavy atom. The number of nitrogens with one attached hydrogen (secondary N) is 1. The SMILES string of the molecule is O=S(=O)(Nc1cccc(C2OC(CN3CCC(O)C3)C(c3ccccc3)C(c3ccc(CO)cc3)O2)c1)c1ccccc1. The molecule has 2 saturated heterocycles. The first-order valence-electron chi connectivity index (χ1n) is 14.5. The van der Waals surface area contributed by atoms with Gasteiger partial charge in [-0.25, -0.2) is 8.42 Å². The van der Waals surface area contributed by atoms with E-state index < -0.39 is 22.4 Å². The maximum atomic E-state index is 13.0. The van der Waals surface area contributed by atoms with E-state index in [1.165, 1.54) is 0 Å². The Labute approximate surface area is 252 Å². The molecule has 4 aromatic carbocycles. The van der Waals surface area contributed by atoms with Crippen LogP contribution < -0.4 is 4.72 Å². The van der Waals surface area contributed by atoms with Gasteiger partial charge in [0, 0.05) is 36.8 Å². The number of aliphatic hydroxyl groups excluding tert-OH is 2. The van der Waals surface area contributed by atoms with Gasteiger partial charge in [-0.15, -0.1) is 0 Å². The van der Waals surface area contributed by atoms with Crippen LogP contribution in [-0.2, 0) is 26.1 Å². The Kier molecular flexibility index (Phi) is 8.90. The molecule has 0 aromatic heterocycles. The molecule has 2 heterocycles. The Balaban J connectivity index is 1.35. The van der Waals surface area contributed by atoms with E-state index in [9.17, 15) is 18.6 Å². The van der Waals surface area contributed by atoms with Gasteiger partial charge in [-0.1, -0.05) is 84.9 Å². The van der Waals surface area contributed by atoms with E-state index in [1.54, 1.807) is 48.5 Å². The number of hydrogen-bond acceptors (Lipinski definition) is 7. The number of hydrogen-bond donors (Lipinski definition) is 3. The Morgan fingerprint density at radius 1 is 0.814 bits per heavy atom. The summed E-state index contributed by atoms with van der Waals surface area (Å²) >= 11 is 0. The predicted molar refractivity (Wildman–Crippen MR) is 164 cm³/mol. The van der Waals surface area contributed by atoms with E-state index >= 15 is 0 Å². The van der Waals surface area contributed by atoms with Gasteiger partial charge in [-0.2, -0.15) is 0 Å². The second kappa shape index (κ2) is 13.0. The van der Waals surface area contributed by atoms with Gasteiger partial charge in [0.25, 0.3) is 10.0 Å². The van der Waals surface area contributed by atoms with E-state index in [0.29, 0.717) is 24.3 Å². The van der Waals surface area contributed by atoms with Gasteiger partial charge >= 0.3 is 0 Å². The highest BCUT2D eigenvalue weighted by Gasteiger charge is 2.43. The van der Waals surface area contributed by atoms with Gasteiger partial charge < -0.3 is 19.7 Å². The van der Waals surface area contributed by atoms with Crippen LogP contribution in [-0.4, -0.2) is 55.4 Å². The second-order valence-electron chi connectivity index (χ2n) is 11.1. The minimum atomic E-state index is -3.78. The Morgan fingerprint density at radius 2 is 1.51 bits per heavy atom. The average Bonchev–Trinajstić information content (AvgIpc) is 3.45. The minimum Gasteiger partial charge on any atom is -0.392 e. The normalized spacial score (nSPS) is 24.6. The quantitative estimate of drug-likeness (QED) is 0.249. The van der Waals surface area contributed by atoms with E-state index in [4.69, 9.17) is 9.47 Å². The fourth-order valence-electron chi connectivity index (χ4n) is 5.96. The molecule has 9 heteroatoms. The van der Waals surface area contributed by atoms with E-state index in [1.807, 2.05) is 48.5 Å². The van der Waals surface area contributed by atoms with Crippen molar-refractivity contribution in [2.24, 2.45) is 0 Å². The highest BCUT2D eigenvalue weighted by Crippen LogP contribution is 2.47. The number of nitrogens with zero attached hydrogens (tertiary/aromatic N) is 1. The summed E-state index contributed by atoms with van der Waals surface area (Å²) in [7, 11) is -3.78. The fraction of sp³-hybridized carbons (Fsp3) is 0.294. The van der Waals surface area contributed by atoms with Crippen LogP contribution in [0.15, 0.2) is 114 Å². The lowest BCUT2D eigenvalue weighted by atomic mass is 9.83. The maximum absolute atomic E-state index is 13.0. The van der Waals surface area contributed by atoms with Gasteiger partial charge in [0.2, 0.25) is 0 Å². The van der Waals surface area contributed by atoms with Crippen molar-refractivity contribution in [2.75, 3.05) is 24.4 Å². The second-order valence-corrected chi connectivity index (χ2v) is 12.8. The molecule has 2 aliphatic heterocycles. The molecule has 0 amide bonds. The first kappa shape index (κ1) is 29.5. The molecule has 5 unspecified atom stereocenters. The third kappa shape index (κ3) is 6.83. The van der Waals surface area contributed by atoms with Gasteiger partial charge in [0.05, 0.1) is 29.8 Å². The van der Waals surface area contributed by atoms with Crippen molar-refractivity contribution in [1.29, 1.82) is 0 Å². The third-order valence-corrected chi connectivity index (χ3v) is 9.52. The molecule has 43 heavy (non-hydrogen) atoms. The average molecular weight is 601 g/mol. The smallest absolute Gasteiger partial charge is 0.261 e. The number of anilines is 1. The van der Waals surface area contributed by atoms with Crippen molar-refractivity contribution >= 4 is 15.7 Å². The zero-order chi connectivity index (χ0) is 29.8. The van der Waals surface area contributed by atoms with Crippen molar-refractivity contribution < 1.29 is 28.1 Å². The molecule has 224 valence electrons. The monoisotopic (exact) mass is 600 g/mol. The van der Waals surface area contributed by atoms with Gasteiger partial charge in [0.1, 0.15) is 0 Å². The highest BCUT2D eigenvalue weighted by atomic mass is 32.2. The van der Waals surface area contributed by atoms with Crippen LogP contribution in [0.1, 0.15) is 47.0 Å². The Bertz CT molecular complexity index is 1600. The van der Waals surface area contributed by atoms with Gasteiger partial charge in [0.15, 0.2) is 6.29 Å². The summed E-state index contributed by atoms with van der Waals surface area (Å²) in [5.74, 6) is -0.157. The summed E-state index contributed by atoms with van der Waals surface area (Å²) in [6.07, 6.45) is -1.10. The summed E-state index contributed by atoms with van der Waals surface area (Å²) in [5, 5.41) is 19.9. The maximum Gasteiger partial charge on any atom is 0.261 e. The largest absolute Gasteiger partial charge is 0.392 e. The summed E-state index contributed by atoms with van der Waals surface area (Å²) in [5.41, 5.74) is 3.92. The van der Waals surface area contributed by atoms with Crippen LogP contribution in [0.25, 0.3) is 0 Å². The number of ether oxygens (including phenoxy) is 2. The topological polar surface area (TPSA) is 108 Å². The molecule has 6 rings (SSSR count). The Hall–Kier alpha value is -3.57. The van der Waals surface area contributed by atoms with Crippen molar-refractivity contribution in [3.8, 4) is 0 Å². The zero-order valence-corrected chi connectivity index (χ0v) is 24.5. The molecule has 2 aliphatic rings. The zero-order valence-electron chi connectivity index (χ0n) is 23.7. The molecule has 2 fully saturated rings. The van der Waals surface area contributed by atoms with Gasteiger partial charge in [-0.05, 0) is 47.4 Å². The molecule has 0 saturated carbocycles. The first-order chi connectivity index (χ1) is 20.9. The van der Waals surface area contributed by atoms with Crippen LogP contribution in [0, 0.1) is 0 Å². The molecular formula is C34H36N2O6S. The van der Waals surface area contributed by atoms with Crippen molar-refractivity contribution in [1.82, 2.24) is 4.90 Å². The number of likely N-dealkylation sites (tertiary alicyclic amines) is 1. The molecule has 8 nitrogen and oxygen atoms in total. The van der Waals surface area contributed by atoms with Crippen molar-refractivity contribution in [3.63, 3.8) is 0 Å². The molecular weight excluding hydrogens is 564 g/mol. The van der Waals surface area contributed by atoms with Crippen molar-refractivity contribution in [3.05, 3.63) is 131 Å². The van der Waals surface area contributed by atoms with Crippen LogP contribution >= 0.6 is 0 Å². The lowest BCUT2D eigenvalue weighted by molar-refractivity contribution is -0.263. The number of sulfonamides is 1. The molecule has 5 atom stereocenters. The molecule has 0 radical (unpaired) electrons. The standard InChI is InChI=1S/C34H36N2O6S/c37-23-24-14-16-26(17-15-24)33-32(25-8-3-1-4-9-25)31(22-36-19-18-29(38)21-36)41-34(42-33)27-10-7-11-28(20-27)35-43(39,40)30-12-5-2-6-13-30/h1-17,20,29,31-35,37-38H,18-19,21-23H2. The van der Waals surface area contributed by atoms with Crippen LogP contribution in [0.2, 0.25) is 0 Å². The highest BCUT2D eigenvalue weighted by molar-refractivity contribution is 7.92. The third-order valence-electron chi connectivity index (χ3n) is 8.12. The number of β-amino-alcohol motifs (C(OH)–C–C–N with tert-alkyl or cyclic N) is 1. The van der Waals surface area contributed by atoms with E-state index in [0.717, 1.165) is 29.7 Å². The van der Waals surface area contributed by atoms with Crippen LogP contribution in [0.3, 0.4) is 0 Å². The van der Waals surface area contributed by atoms with Crippen LogP contribution in [0.5, 0.6) is 0 Å². The number of aliphatic hydroxyl groups is 2. The summed E-state index contributed by atoms with van der Waals surface area (Å²) in [6, 6.07) is 33.3. The molecule has 0 aliphatic carbocycles. The van der Waals surface area contributed by atoms with Crippen molar-refractivity contribution in [2.45, 2.75) is 48.4 Å². The van der Waals surface area contributed by atoms with E-state index in [2.05, 4.69) is 21.8 Å². The summed E-state index contributed by atoms with van der Waals surface area (Å²) in [4.78, 5) is 2.40. The van der Waals surface area contributed by atoms with E-state index in [-0.39, 0.29) is 29.6 Å². The lowest BCUT2D eigenvalue weighted by Gasteiger charge is -2.44. The predicted octanol–water partition coefficient (Wildman–Crippen LogP) is 4.99. The molecule has 4 aromatic rings. The van der Waals surface area contributed by atoms with Gasteiger partial charge in [-0.3, -0.25) is 9.62 Å². The lowest BCUT2D eigenvalue weighted by Crippen LogP contribution is -2.44. The minimum absolute atomic E-state index is 0.0504. The molecule has 0 spiro atoms. The fourth-order valence-corrected chi connectivity index (χ4v) is 7.03. The first-order valence-corrected chi connectivity index (χ1v) is 16.0. The summed E-state index contributed by atoms with van der Waals surface area (Å²) < 4.78 is 42.2. The van der Waals surface area contributed by atoms with Crippen LogP contribution in [0.4, 0.5) is 5.69 Å². The number of rotatable bonds is 9. The molecule has 0 bridgehead atoms.